The van der Waals surface area contributed by atoms with E-state index in [0.29, 0.717) is 19.0 Å². The molecule has 3 rings (SSSR count). The van der Waals surface area contributed by atoms with Crippen molar-refractivity contribution in [1.82, 2.24) is 15.5 Å². The molecular formula is C11H11N5O5S. The second kappa shape index (κ2) is 5.35. The Morgan fingerprint density at radius 1 is 1.32 bits per heavy atom. The first-order chi connectivity index (χ1) is 10.5. The lowest BCUT2D eigenvalue weighted by atomic mass is 10.0. The number of nitrogens with one attached hydrogen (secondary N) is 2. The molecular weight excluding hydrogens is 314 g/mol. The molecule has 0 bridgehead atoms. The Hall–Kier alpha value is -2.53. The average Bonchev–Trinajstić information content (AvgIpc) is 2.84. The van der Waals surface area contributed by atoms with E-state index in [1.807, 2.05) is 0 Å². The first kappa shape index (κ1) is 14.4. The molecule has 1 fully saturated rings. The maximum absolute atomic E-state index is 12.2. The van der Waals surface area contributed by atoms with E-state index in [0.717, 1.165) is 12.1 Å². The summed E-state index contributed by atoms with van der Waals surface area (Å²) in [6.07, 6.45) is 0. The third-order valence-corrected chi connectivity index (χ3v) is 4.51. The van der Waals surface area contributed by atoms with Crippen LogP contribution in [-0.4, -0.2) is 36.6 Å². The fourth-order valence-electron chi connectivity index (χ4n) is 1.91. The number of rotatable bonds is 5. The van der Waals surface area contributed by atoms with Crippen molar-refractivity contribution in [3.63, 3.8) is 0 Å². The van der Waals surface area contributed by atoms with Gasteiger partial charge in [-0.05, 0) is 6.07 Å². The van der Waals surface area contributed by atoms with Gasteiger partial charge in [-0.25, -0.2) is 13.1 Å². The lowest BCUT2D eigenvalue weighted by Crippen LogP contribution is -2.40. The fraction of sp³-hybridized carbons (Fsp3) is 0.273. The molecule has 0 atom stereocenters. The van der Waals surface area contributed by atoms with E-state index >= 15 is 0 Å². The van der Waals surface area contributed by atoms with Gasteiger partial charge >= 0.3 is 6.01 Å². The number of benzene rings is 1. The third kappa shape index (κ3) is 2.63. The van der Waals surface area contributed by atoms with Crippen LogP contribution in [0.5, 0.6) is 0 Å². The van der Waals surface area contributed by atoms with Crippen LogP contribution in [0.1, 0.15) is 11.8 Å². The molecule has 1 aliphatic heterocycles. The van der Waals surface area contributed by atoms with Gasteiger partial charge in [-0.2, -0.15) is 0 Å². The molecule has 0 radical (unpaired) electrons. The quantitative estimate of drug-likeness (QED) is 0.597. The molecule has 0 spiro atoms. The highest BCUT2D eigenvalue weighted by atomic mass is 32.2. The second-order valence-corrected chi connectivity index (χ2v) is 6.28. The fourth-order valence-corrected chi connectivity index (χ4v) is 3.01. The summed E-state index contributed by atoms with van der Waals surface area (Å²) >= 11 is 0. The molecule has 1 aromatic carbocycles. The van der Waals surface area contributed by atoms with E-state index in [-0.39, 0.29) is 11.9 Å². The van der Waals surface area contributed by atoms with Gasteiger partial charge in [-0.3, -0.25) is 10.1 Å². The molecule has 2 N–H and O–H groups in total. The maximum atomic E-state index is 12.2. The number of hydrogen-bond donors (Lipinski definition) is 2. The predicted octanol–water partition coefficient (Wildman–Crippen LogP) is 0.465. The van der Waals surface area contributed by atoms with Crippen LogP contribution < -0.4 is 10.0 Å². The monoisotopic (exact) mass is 325 g/mol. The molecule has 0 aliphatic carbocycles. The SMILES string of the molecule is O=[N+]([O-])c1ccccc1S(=O)(=O)Nc1nnc(C2CNC2)o1. The molecule has 0 unspecified atom stereocenters. The van der Waals surface area contributed by atoms with E-state index in [4.69, 9.17) is 4.42 Å². The number of nitro benzene ring substituents is 1. The lowest BCUT2D eigenvalue weighted by Gasteiger charge is -2.22. The Kier molecular flexibility index (Phi) is 3.50. The number of nitro groups is 1. The minimum Gasteiger partial charge on any atom is -0.407 e. The normalized spacial score (nSPS) is 15.3. The summed E-state index contributed by atoms with van der Waals surface area (Å²) in [6, 6.07) is 4.69. The molecule has 11 heteroatoms. The largest absolute Gasteiger partial charge is 0.407 e. The van der Waals surface area contributed by atoms with Crippen LogP contribution in [0.25, 0.3) is 0 Å². The summed E-state index contributed by atoms with van der Waals surface area (Å²) in [4.78, 5) is 9.68. The molecule has 1 aromatic heterocycles. The highest BCUT2D eigenvalue weighted by molar-refractivity contribution is 7.92. The number of aromatic nitrogens is 2. The van der Waals surface area contributed by atoms with Gasteiger partial charge in [-0.15, -0.1) is 5.10 Å². The Bertz CT molecular complexity index is 814. The summed E-state index contributed by atoms with van der Waals surface area (Å²) in [5.74, 6) is 0.371. The molecule has 22 heavy (non-hydrogen) atoms. The second-order valence-electron chi connectivity index (χ2n) is 4.63. The highest BCUT2D eigenvalue weighted by Gasteiger charge is 2.29. The first-order valence-electron chi connectivity index (χ1n) is 6.28. The van der Waals surface area contributed by atoms with Crippen molar-refractivity contribution in [1.29, 1.82) is 0 Å². The van der Waals surface area contributed by atoms with Gasteiger partial charge in [0.25, 0.3) is 15.7 Å². The zero-order valence-corrected chi connectivity index (χ0v) is 11.9. The van der Waals surface area contributed by atoms with E-state index in [9.17, 15) is 18.5 Å². The minimum atomic E-state index is -4.19. The maximum Gasteiger partial charge on any atom is 0.329 e. The number of anilines is 1. The lowest BCUT2D eigenvalue weighted by molar-refractivity contribution is -0.387. The van der Waals surface area contributed by atoms with E-state index in [1.54, 1.807) is 0 Å². The van der Waals surface area contributed by atoms with Gasteiger partial charge in [-0.1, -0.05) is 17.2 Å². The summed E-state index contributed by atoms with van der Waals surface area (Å²) in [5.41, 5.74) is -0.530. The van der Waals surface area contributed by atoms with Crippen LogP contribution in [0.3, 0.4) is 0 Å². The minimum absolute atomic E-state index is 0.0526. The van der Waals surface area contributed by atoms with Gasteiger partial charge in [0.15, 0.2) is 4.90 Å². The van der Waals surface area contributed by atoms with Gasteiger partial charge < -0.3 is 9.73 Å². The molecule has 116 valence electrons. The molecule has 1 saturated heterocycles. The van der Waals surface area contributed by atoms with E-state index in [2.05, 4.69) is 20.2 Å². The highest BCUT2D eigenvalue weighted by Crippen LogP contribution is 2.26. The van der Waals surface area contributed by atoms with Crippen molar-refractivity contribution < 1.29 is 17.8 Å². The Labute approximate surface area is 124 Å². The van der Waals surface area contributed by atoms with Crippen LogP contribution in [0, 0.1) is 10.1 Å². The molecule has 10 nitrogen and oxygen atoms in total. The smallest absolute Gasteiger partial charge is 0.329 e. The average molecular weight is 325 g/mol. The van der Waals surface area contributed by atoms with Gasteiger partial charge in [0.05, 0.1) is 10.8 Å². The predicted molar refractivity (Wildman–Crippen MR) is 73.8 cm³/mol. The van der Waals surface area contributed by atoms with Crippen LogP contribution in [0.15, 0.2) is 33.6 Å². The molecule has 2 aromatic rings. The van der Waals surface area contributed by atoms with Crippen molar-refractivity contribution >= 4 is 21.7 Å². The number of sulfonamides is 1. The van der Waals surface area contributed by atoms with E-state index in [1.165, 1.54) is 12.1 Å². The molecule has 2 heterocycles. The topological polar surface area (TPSA) is 140 Å². The Morgan fingerprint density at radius 3 is 2.68 bits per heavy atom. The van der Waals surface area contributed by atoms with Gasteiger partial charge in [0.2, 0.25) is 5.89 Å². The number of nitrogens with zero attached hydrogens (tertiary/aromatic N) is 3. The molecule has 1 aliphatic rings. The summed E-state index contributed by atoms with van der Waals surface area (Å²) in [6.45, 7) is 1.36. The van der Waals surface area contributed by atoms with Crippen LogP contribution >= 0.6 is 0 Å². The van der Waals surface area contributed by atoms with Crippen LogP contribution in [-0.2, 0) is 10.0 Å². The van der Waals surface area contributed by atoms with Crippen LogP contribution in [0.2, 0.25) is 0 Å². The summed E-state index contributed by atoms with van der Waals surface area (Å²) in [7, 11) is -4.19. The van der Waals surface area contributed by atoms with Crippen molar-refractivity contribution in [2.45, 2.75) is 10.8 Å². The van der Waals surface area contributed by atoms with Crippen molar-refractivity contribution in [2.24, 2.45) is 0 Å². The van der Waals surface area contributed by atoms with Gasteiger partial charge in [0.1, 0.15) is 0 Å². The standard InChI is InChI=1S/C11H11N5O5S/c17-16(18)8-3-1-2-4-9(8)22(19,20)15-11-14-13-10(21-11)7-5-12-6-7/h1-4,7,12H,5-6H2,(H,14,15). The first-order valence-corrected chi connectivity index (χ1v) is 7.76. The Balaban J connectivity index is 1.87. The third-order valence-electron chi connectivity index (χ3n) is 3.14. The molecule has 0 amide bonds. The van der Waals surface area contributed by atoms with Crippen molar-refractivity contribution in [3.8, 4) is 0 Å². The summed E-state index contributed by atoms with van der Waals surface area (Å²) in [5, 5.41) is 21.3. The Morgan fingerprint density at radius 2 is 2.05 bits per heavy atom. The van der Waals surface area contributed by atoms with Crippen molar-refractivity contribution in [3.05, 3.63) is 40.3 Å². The zero-order chi connectivity index (χ0) is 15.7. The molecule has 0 saturated carbocycles. The number of hydrogen-bond acceptors (Lipinski definition) is 8. The van der Waals surface area contributed by atoms with Crippen LogP contribution in [0.4, 0.5) is 11.7 Å². The zero-order valence-electron chi connectivity index (χ0n) is 11.1. The summed E-state index contributed by atoms with van der Waals surface area (Å²) < 4.78 is 31.8. The van der Waals surface area contributed by atoms with Crippen molar-refractivity contribution in [2.75, 3.05) is 17.8 Å². The van der Waals surface area contributed by atoms with E-state index < -0.39 is 25.5 Å². The number of para-hydroxylation sites is 1. The van der Waals surface area contributed by atoms with Gasteiger partial charge in [0, 0.05) is 19.2 Å².